The number of aromatic hydroxyl groups is 1. The highest BCUT2D eigenvalue weighted by atomic mass is 32.2. The van der Waals surface area contributed by atoms with Crippen LogP contribution >= 0.6 is 11.8 Å². The van der Waals surface area contributed by atoms with Gasteiger partial charge in [-0.05, 0) is 23.3 Å². The quantitative estimate of drug-likeness (QED) is 0.487. The van der Waals surface area contributed by atoms with Gasteiger partial charge in [-0.15, -0.1) is 11.8 Å². The number of thioether (sulfide) groups is 1. The Morgan fingerprint density at radius 1 is 0.731 bits per heavy atom. The molecule has 0 radical (unpaired) electrons. The first-order chi connectivity index (χ1) is 12.4. The van der Waals surface area contributed by atoms with Crippen LogP contribution in [-0.2, 0) is 21.6 Å². The van der Waals surface area contributed by atoms with Crippen LogP contribution < -0.4 is 0 Å². The van der Waals surface area contributed by atoms with Crippen LogP contribution in [0.1, 0.15) is 11.1 Å². The molecule has 2 N–H and O–H groups in total. The Balaban J connectivity index is 0.000000197. The first-order valence-corrected chi connectivity index (χ1v) is 10.5. The van der Waals surface area contributed by atoms with Crippen molar-refractivity contribution in [3.63, 3.8) is 0 Å². The second kappa shape index (κ2) is 10.0. The van der Waals surface area contributed by atoms with E-state index in [9.17, 15) is 13.5 Å². The Kier molecular flexibility index (Phi) is 7.72. The topological polar surface area (TPSA) is 74.6 Å². The van der Waals surface area contributed by atoms with Crippen molar-refractivity contribution < 1.29 is 18.1 Å². The van der Waals surface area contributed by atoms with E-state index >= 15 is 0 Å². The summed E-state index contributed by atoms with van der Waals surface area (Å²) in [5.74, 6) is 0.935. The van der Waals surface area contributed by atoms with Crippen LogP contribution in [0.4, 0.5) is 0 Å². The Hall–Kier alpha value is -2.28. The van der Waals surface area contributed by atoms with Crippen molar-refractivity contribution >= 4 is 21.9 Å². The number of hydrogen-bond donors (Lipinski definition) is 2. The van der Waals surface area contributed by atoms with Crippen molar-refractivity contribution in [2.45, 2.75) is 16.4 Å². The Morgan fingerprint density at radius 3 is 1.77 bits per heavy atom. The van der Waals surface area contributed by atoms with Crippen molar-refractivity contribution in [2.75, 3.05) is 0 Å². The molecule has 136 valence electrons. The fraction of sp³-hybridized carbons (Fsp3) is 0.100. The molecule has 4 nitrogen and oxygen atoms in total. The Bertz CT molecular complexity index is 895. The molecular weight excluding hydrogens is 368 g/mol. The number of hydrogen-bond acceptors (Lipinski definition) is 4. The summed E-state index contributed by atoms with van der Waals surface area (Å²) in [6.07, 6.45) is 0. The molecule has 0 aliphatic rings. The lowest BCUT2D eigenvalue weighted by molar-refractivity contribution is 0.462. The van der Waals surface area contributed by atoms with E-state index in [4.69, 9.17) is 4.55 Å². The predicted molar refractivity (Wildman–Crippen MR) is 106 cm³/mol. The maximum atomic E-state index is 10.4. The van der Waals surface area contributed by atoms with Gasteiger partial charge in [0.2, 0.25) is 0 Å². The number of phenols is 1. The third-order valence-corrected chi connectivity index (χ3v) is 5.13. The molecule has 0 unspecified atom stereocenters. The van der Waals surface area contributed by atoms with E-state index in [0.29, 0.717) is 11.3 Å². The van der Waals surface area contributed by atoms with Crippen LogP contribution in [0.5, 0.6) is 5.75 Å². The molecular formula is C20H20O4S2. The minimum absolute atomic E-state index is 0.312. The minimum Gasteiger partial charge on any atom is -0.507 e. The summed E-state index contributed by atoms with van der Waals surface area (Å²) in [6, 6.07) is 26.2. The van der Waals surface area contributed by atoms with Crippen LogP contribution in [0.2, 0.25) is 0 Å². The van der Waals surface area contributed by atoms with Gasteiger partial charge < -0.3 is 5.11 Å². The first kappa shape index (κ1) is 20.0. The van der Waals surface area contributed by atoms with Crippen molar-refractivity contribution in [1.82, 2.24) is 0 Å². The van der Waals surface area contributed by atoms with Crippen LogP contribution in [0.3, 0.4) is 0 Å². The SMILES string of the molecule is O=S(=O)(O)Cc1ccccc1.Oc1ccccc1SCc1ccccc1. The van der Waals surface area contributed by atoms with E-state index in [1.165, 1.54) is 5.56 Å². The molecule has 0 bridgehead atoms. The summed E-state index contributed by atoms with van der Waals surface area (Å²) in [7, 11) is -3.88. The molecule has 0 saturated carbocycles. The van der Waals surface area contributed by atoms with Gasteiger partial charge in [-0.2, -0.15) is 8.42 Å². The lowest BCUT2D eigenvalue weighted by atomic mass is 10.2. The number of phenolic OH excluding ortho intramolecular Hbond substituents is 1. The lowest BCUT2D eigenvalue weighted by Crippen LogP contribution is -2.00. The van der Waals surface area contributed by atoms with Crippen molar-refractivity contribution in [3.8, 4) is 5.75 Å². The van der Waals surface area contributed by atoms with Gasteiger partial charge in [0, 0.05) is 10.6 Å². The van der Waals surface area contributed by atoms with Crippen LogP contribution in [-0.4, -0.2) is 18.1 Å². The minimum atomic E-state index is -3.88. The molecule has 0 saturated heterocycles. The summed E-state index contributed by atoms with van der Waals surface area (Å²) >= 11 is 1.65. The van der Waals surface area contributed by atoms with Gasteiger partial charge in [-0.25, -0.2) is 0 Å². The molecule has 0 aliphatic heterocycles. The van der Waals surface area contributed by atoms with E-state index in [2.05, 4.69) is 12.1 Å². The van der Waals surface area contributed by atoms with Gasteiger partial charge in [-0.1, -0.05) is 72.8 Å². The maximum absolute atomic E-state index is 10.4. The molecule has 0 amide bonds. The molecule has 3 rings (SSSR count). The highest BCUT2D eigenvalue weighted by Crippen LogP contribution is 2.30. The van der Waals surface area contributed by atoms with E-state index in [0.717, 1.165) is 10.6 Å². The first-order valence-electron chi connectivity index (χ1n) is 7.88. The third kappa shape index (κ3) is 7.74. The van der Waals surface area contributed by atoms with Crippen molar-refractivity contribution in [2.24, 2.45) is 0 Å². The predicted octanol–water partition coefficient (Wildman–Crippen LogP) is 4.76. The number of benzene rings is 3. The average Bonchev–Trinajstić information content (AvgIpc) is 2.62. The largest absolute Gasteiger partial charge is 0.507 e. The van der Waals surface area contributed by atoms with Crippen LogP contribution in [0, 0.1) is 0 Å². The molecule has 3 aromatic rings. The summed E-state index contributed by atoms with van der Waals surface area (Å²) in [6.45, 7) is 0. The molecule has 0 atom stereocenters. The zero-order valence-corrected chi connectivity index (χ0v) is 15.7. The molecule has 0 heterocycles. The van der Waals surface area contributed by atoms with Crippen LogP contribution in [0.25, 0.3) is 0 Å². The smallest absolute Gasteiger partial charge is 0.269 e. The number of para-hydroxylation sites is 1. The summed E-state index contributed by atoms with van der Waals surface area (Å²) in [5, 5.41) is 9.57. The maximum Gasteiger partial charge on any atom is 0.269 e. The molecule has 0 aliphatic carbocycles. The van der Waals surface area contributed by atoms with E-state index < -0.39 is 10.1 Å². The Morgan fingerprint density at radius 2 is 1.23 bits per heavy atom. The molecule has 26 heavy (non-hydrogen) atoms. The monoisotopic (exact) mass is 388 g/mol. The molecule has 0 aromatic heterocycles. The molecule has 6 heteroatoms. The normalized spacial score (nSPS) is 10.7. The standard InChI is InChI=1S/C13H12OS.C7H8O3S/c14-12-8-4-5-9-13(12)15-10-11-6-2-1-3-7-11;8-11(9,10)6-7-4-2-1-3-5-7/h1-9,14H,10H2;1-5H,6H2,(H,8,9,10). The van der Waals surface area contributed by atoms with Gasteiger partial charge in [-0.3, -0.25) is 4.55 Å². The average molecular weight is 389 g/mol. The van der Waals surface area contributed by atoms with Gasteiger partial charge in [0.05, 0.1) is 0 Å². The highest BCUT2D eigenvalue weighted by molar-refractivity contribution is 7.98. The Labute approximate surface area is 158 Å². The zero-order valence-electron chi connectivity index (χ0n) is 14.0. The summed E-state index contributed by atoms with van der Waals surface area (Å²) < 4.78 is 29.2. The van der Waals surface area contributed by atoms with Crippen molar-refractivity contribution in [3.05, 3.63) is 96.1 Å². The lowest BCUT2D eigenvalue weighted by Gasteiger charge is -2.03. The second-order valence-corrected chi connectivity index (χ2v) is 7.92. The third-order valence-electron chi connectivity index (χ3n) is 3.29. The molecule has 0 fully saturated rings. The highest BCUT2D eigenvalue weighted by Gasteiger charge is 2.04. The second-order valence-electron chi connectivity index (χ2n) is 5.45. The molecule has 0 spiro atoms. The van der Waals surface area contributed by atoms with Crippen molar-refractivity contribution in [1.29, 1.82) is 0 Å². The zero-order chi connectivity index (χ0) is 18.8. The van der Waals surface area contributed by atoms with E-state index in [-0.39, 0.29) is 5.75 Å². The number of rotatable bonds is 5. The summed E-state index contributed by atoms with van der Waals surface area (Å²) in [4.78, 5) is 0.932. The van der Waals surface area contributed by atoms with Gasteiger partial charge >= 0.3 is 0 Å². The fourth-order valence-corrected chi connectivity index (χ4v) is 3.62. The van der Waals surface area contributed by atoms with E-state index in [1.807, 2.05) is 36.4 Å². The van der Waals surface area contributed by atoms with Gasteiger partial charge in [0.1, 0.15) is 11.5 Å². The van der Waals surface area contributed by atoms with E-state index in [1.54, 1.807) is 48.2 Å². The van der Waals surface area contributed by atoms with Gasteiger partial charge in [0.15, 0.2) is 0 Å². The fourth-order valence-electron chi connectivity index (χ4n) is 2.10. The summed E-state index contributed by atoms with van der Waals surface area (Å²) in [5.41, 5.74) is 1.86. The molecule has 3 aromatic carbocycles. The van der Waals surface area contributed by atoms with Crippen LogP contribution in [0.15, 0.2) is 89.8 Å². The van der Waals surface area contributed by atoms with Gasteiger partial charge in [0.25, 0.3) is 10.1 Å².